The fraction of sp³-hybridized carbons (Fsp3) is 0.714. The molecule has 16 heavy (non-hydrogen) atoms. The van der Waals surface area contributed by atoms with Crippen LogP contribution in [0.1, 0.15) is 55.4 Å². The van der Waals surface area contributed by atoms with Crippen molar-refractivity contribution >= 4 is 11.3 Å². The van der Waals surface area contributed by atoms with Gasteiger partial charge in [-0.05, 0) is 36.3 Å². The molecule has 1 saturated carbocycles. The van der Waals surface area contributed by atoms with Gasteiger partial charge in [0.05, 0.1) is 0 Å². The van der Waals surface area contributed by atoms with Gasteiger partial charge in [0.1, 0.15) is 0 Å². The summed E-state index contributed by atoms with van der Waals surface area (Å²) in [5.74, 6) is 0. The fourth-order valence-electron chi connectivity index (χ4n) is 3.43. The maximum absolute atomic E-state index is 3.85. The molecule has 1 aliphatic carbocycles. The Bertz CT molecular complexity index is 347. The van der Waals surface area contributed by atoms with E-state index in [4.69, 9.17) is 0 Å². The summed E-state index contributed by atoms with van der Waals surface area (Å²) in [5.41, 5.74) is 2.00. The van der Waals surface area contributed by atoms with Gasteiger partial charge in [-0.3, -0.25) is 0 Å². The molecule has 2 heteroatoms. The Hall–Kier alpha value is -0.340. The number of fused-ring (bicyclic) bond motifs is 2. The van der Waals surface area contributed by atoms with E-state index < -0.39 is 0 Å². The molecular formula is C14H21NS. The Morgan fingerprint density at radius 1 is 1.06 bits per heavy atom. The van der Waals surface area contributed by atoms with Gasteiger partial charge >= 0.3 is 0 Å². The van der Waals surface area contributed by atoms with Crippen LogP contribution in [0.15, 0.2) is 11.4 Å². The molecule has 3 rings (SSSR count). The van der Waals surface area contributed by atoms with Crippen LogP contribution >= 0.6 is 11.3 Å². The molecular weight excluding hydrogens is 214 g/mol. The minimum Gasteiger partial charge on any atom is -0.307 e. The van der Waals surface area contributed by atoms with Gasteiger partial charge in [-0.15, -0.1) is 11.3 Å². The van der Waals surface area contributed by atoms with Gasteiger partial charge in [0.2, 0.25) is 0 Å². The summed E-state index contributed by atoms with van der Waals surface area (Å²) in [4.78, 5) is 1.65. The molecule has 1 N–H and O–H groups in total. The molecule has 0 aromatic carbocycles. The predicted octanol–water partition coefficient (Wildman–Crippen LogP) is 3.83. The maximum atomic E-state index is 3.85. The molecule has 1 aromatic rings. The summed E-state index contributed by atoms with van der Waals surface area (Å²) in [5, 5.41) is 6.14. The van der Waals surface area contributed by atoms with Gasteiger partial charge in [0.15, 0.2) is 0 Å². The molecule has 1 fully saturated rings. The van der Waals surface area contributed by atoms with E-state index in [1.54, 1.807) is 10.4 Å². The van der Waals surface area contributed by atoms with Gasteiger partial charge in [-0.2, -0.15) is 0 Å². The lowest BCUT2D eigenvalue weighted by Gasteiger charge is -2.40. The minimum absolute atomic E-state index is 0.355. The Morgan fingerprint density at radius 2 is 1.81 bits per heavy atom. The van der Waals surface area contributed by atoms with Crippen LogP contribution in [0.4, 0.5) is 0 Å². The Morgan fingerprint density at radius 3 is 2.62 bits per heavy atom. The Labute approximate surface area is 102 Å². The van der Waals surface area contributed by atoms with Gasteiger partial charge in [0, 0.05) is 17.0 Å². The van der Waals surface area contributed by atoms with Crippen LogP contribution in [0.5, 0.6) is 0 Å². The lowest BCUT2D eigenvalue weighted by Crippen LogP contribution is -2.47. The first-order chi connectivity index (χ1) is 7.91. The van der Waals surface area contributed by atoms with Gasteiger partial charge in [-0.25, -0.2) is 0 Å². The predicted molar refractivity (Wildman–Crippen MR) is 70.0 cm³/mol. The van der Waals surface area contributed by atoms with E-state index in [2.05, 4.69) is 16.8 Å². The summed E-state index contributed by atoms with van der Waals surface area (Å²) in [6.45, 7) is 1.19. The van der Waals surface area contributed by atoms with Crippen molar-refractivity contribution in [3.63, 3.8) is 0 Å². The molecule has 1 aliphatic heterocycles. The smallest absolute Gasteiger partial charge is 0.0445 e. The Balaban J connectivity index is 1.91. The summed E-state index contributed by atoms with van der Waals surface area (Å²) in [6.07, 6.45) is 11.1. The minimum atomic E-state index is 0.355. The second-order valence-electron chi connectivity index (χ2n) is 5.28. The number of thiophene rings is 1. The monoisotopic (exact) mass is 235 g/mol. The van der Waals surface area contributed by atoms with Crippen LogP contribution in [0.2, 0.25) is 0 Å². The third kappa shape index (κ3) is 1.82. The molecule has 0 amide bonds. The molecule has 0 radical (unpaired) electrons. The van der Waals surface area contributed by atoms with Crippen LogP contribution in [-0.4, -0.2) is 6.54 Å². The lowest BCUT2D eigenvalue weighted by atomic mass is 9.77. The number of rotatable bonds is 0. The first-order valence-corrected chi connectivity index (χ1v) is 7.61. The fourth-order valence-corrected chi connectivity index (χ4v) is 4.40. The average Bonchev–Trinajstić information content (AvgIpc) is 2.73. The molecule has 1 spiro atoms. The van der Waals surface area contributed by atoms with Gasteiger partial charge < -0.3 is 5.32 Å². The van der Waals surface area contributed by atoms with E-state index in [0.29, 0.717) is 5.54 Å². The van der Waals surface area contributed by atoms with Crippen molar-refractivity contribution in [3.8, 4) is 0 Å². The number of hydrogen-bond donors (Lipinski definition) is 1. The molecule has 2 heterocycles. The highest BCUT2D eigenvalue weighted by molar-refractivity contribution is 7.10. The molecule has 1 aromatic heterocycles. The standard InChI is InChI=1S/C14H21NS/c1-2-4-8-14(9-5-3-1)12-7-11-16-13(12)6-10-15-14/h7,11,15H,1-6,8-10H2. The highest BCUT2D eigenvalue weighted by Gasteiger charge is 2.36. The molecule has 0 unspecified atom stereocenters. The van der Waals surface area contributed by atoms with E-state index in [-0.39, 0.29) is 0 Å². The third-order valence-electron chi connectivity index (χ3n) is 4.28. The number of nitrogens with one attached hydrogen (secondary N) is 1. The quantitative estimate of drug-likeness (QED) is 0.720. The number of hydrogen-bond acceptors (Lipinski definition) is 2. The van der Waals surface area contributed by atoms with Crippen LogP contribution in [0, 0.1) is 0 Å². The zero-order valence-corrected chi connectivity index (χ0v) is 10.7. The second-order valence-corrected chi connectivity index (χ2v) is 6.28. The van der Waals surface area contributed by atoms with Crippen molar-refractivity contribution in [1.82, 2.24) is 5.32 Å². The average molecular weight is 235 g/mol. The van der Waals surface area contributed by atoms with E-state index in [0.717, 1.165) is 0 Å². The van der Waals surface area contributed by atoms with Crippen molar-refractivity contribution in [2.24, 2.45) is 0 Å². The van der Waals surface area contributed by atoms with Crippen molar-refractivity contribution in [1.29, 1.82) is 0 Å². The van der Waals surface area contributed by atoms with E-state index in [1.807, 2.05) is 11.3 Å². The normalized spacial score (nSPS) is 24.8. The van der Waals surface area contributed by atoms with Gasteiger partial charge in [0.25, 0.3) is 0 Å². The molecule has 2 aliphatic rings. The van der Waals surface area contributed by atoms with Crippen molar-refractivity contribution in [2.75, 3.05) is 6.54 Å². The SMILES string of the molecule is c1cc2c(s1)CCNC21CCCCCCC1. The molecule has 0 atom stereocenters. The first kappa shape index (κ1) is 10.8. The van der Waals surface area contributed by atoms with Crippen molar-refractivity contribution in [2.45, 2.75) is 56.9 Å². The second kappa shape index (κ2) is 4.50. The highest BCUT2D eigenvalue weighted by Crippen LogP contribution is 2.40. The van der Waals surface area contributed by atoms with E-state index in [9.17, 15) is 0 Å². The largest absolute Gasteiger partial charge is 0.307 e. The Kier molecular flexibility index (Phi) is 3.03. The summed E-state index contributed by atoms with van der Waals surface area (Å²) >= 11 is 1.96. The summed E-state index contributed by atoms with van der Waals surface area (Å²) in [6, 6.07) is 2.38. The van der Waals surface area contributed by atoms with Crippen molar-refractivity contribution < 1.29 is 0 Å². The van der Waals surface area contributed by atoms with E-state index in [1.165, 1.54) is 57.9 Å². The highest BCUT2D eigenvalue weighted by atomic mass is 32.1. The zero-order chi connectivity index (χ0) is 10.8. The molecule has 1 nitrogen and oxygen atoms in total. The molecule has 0 bridgehead atoms. The van der Waals surface area contributed by atoms with Crippen LogP contribution in [0.25, 0.3) is 0 Å². The third-order valence-corrected chi connectivity index (χ3v) is 5.26. The topological polar surface area (TPSA) is 12.0 Å². The maximum Gasteiger partial charge on any atom is 0.0445 e. The van der Waals surface area contributed by atoms with Gasteiger partial charge in [-0.1, -0.05) is 32.1 Å². The first-order valence-electron chi connectivity index (χ1n) is 6.73. The van der Waals surface area contributed by atoms with Crippen LogP contribution < -0.4 is 5.32 Å². The van der Waals surface area contributed by atoms with E-state index >= 15 is 0 Å². The van der Waals surface area contributed by atoms with Crippen molar-refractivity contribution in [3.05, 3.63) is 21.9 Å². The van der Waals surface area contributed by atoms with Crippen LogP contribution in [0.3, 0.4) is 0 Å². The molecule has 0 saturated heterocycles. The summed E-state index contributed by atoms with van der Waals surface area (Å²) in [7, 11) is 0. The summed E-state index contributed by atoms with van der Waals surface area (Å²) < 4.78 is 0. The van der Waals surface area contributed by atoms with Crippen LogP contribution in [-0.2, 0) is 12.0 Å². The zero-order valence-electron chi connectivity index (χ0n) is 9.93. The molecule has 88 valence electrons. The lowest BCUT2D eigenvalue weighted by molar-refractivity contribution is 0.243.